The number of hydrogen-bond acceptors (Lipinski definition) is 3. The third-order valence-electron chi connectivity index (χ3n) is 5.91. The van der Waals surface area contributed by atoms with E-state index in [0.29, 0.717) is 5.75 Å². The minimum atomic E-state index is -0.266. The van der Waals surface area contributed by atoms with E-state index < -0.39 is 0 Å². The first-order chi connectivity index (χ1) is 12.1. The maximum absolute atomic E-state index is 10.3. The molecule has 26 heavy (non-hydrogen) atoms. The molecule has 1 atom stereocenters. The smallest absolute Gasteiger partial charge is 0.127 e. The summed E-state index contributed by atoms with van der Waals surface area (Å²) in [6.45, 7) is 15.4. The Balaban J connectivity index is 1.86. The minimum Gasteiger partial charge on any atom is -0.507 e. The number of nitrogens with one attached hydrogen (secondary N) is 1. The van der Waals surface area contributed by atoms with Crippen molar-refractivity contribution in [2.75, 3.05) is 11.9 Å². The monoisotopic (exact) mass is 353 g/mol. The molecule has 2 aromatic rings. The van der Waals surface area contributed by atoms with Gasteiger partial charge in [0, 0.05) is 11.3 Å². The predicted octanol–water partition coefficient (Wildman–Crippen LogP) is 5.44. The maximum Gasteiger partial charge on any atom is 0.127 e. The summed E-state index contributed by atoms with van der Waals surface area (Å²) in [5.74, 6) is 1.38. The summed E-state index contributed by atoms with van der Waals surface area (Å²) < 4.78 is 6.52. The molecule has 1 aliphatic rings. The van der Waals surface area contributed by atoms with Gasteiger partial charge in [-0.25, -0.2) is 0 Å². The van der Waals surface area contributed by atoms with Gasteiger partial charge in [0.25, 0.3) is 0 Å². The number of phenols is 1. The van der Waals surface area contributed by atoms with E-state index in [0.717, 1.165) is 47.4 Å². The highest BCUT2D eigenvalue weighted by atomic mass is 16.5. The summed E-state index contributed by atoms with van der Waals surface area (Å²) >= 11 is 0. The van der Waals surface area contributed by atoms with Crippen LogP contribution in [0.2, 0.25) is 0 Å². The molecule has 0 saturated heterocycles. The lowest BCUT2D eigenvalue weighted by Crippen LogP contribution is -2.43. The van der Waals surface area contributed by atoms with Crippen LogP contribution in [0.4, 0.5) is 5.69 Å². The topological polar surface area (TPSA) is 41.5 Å². The molecule has 2 aromatic carbocycles. The molecule has 3 heteroatoms. The van der Waals surface area contributed by atoms with E-state index in [1.807, 2.05) is 20.8 Å². The molecule has 140 valence electrons. The lowest BCUT2D eigenvalue weighted by Gasteiger charge is -2.38. The normalized spacial score (nSPS) is 19.0. The number of aryl methyl sites for hydroxylation is 3. The zero-order valence-corrected chi connectivity index (χ0v) is 17.1. The van der Waals surface area contributed by atoms with Crippen LogP contribution in [0.5, 0.6) is 11.5 Å². The lowest BCUT2D eigenvalue weighted by atomic mass is 9.87. The van der Waals surface area contributed by atoms with Crippen LogP contribution in [0, 0.1) is 41.5 Å². The Labute approximate surface area is 157 Å². The summed E-state index contributed by atoms with van der Waals surface area (Å²) in [5.41, 5.74) is 8.87. The van der Waals surface area contributed by atoms with Gasteiger partial charge in [-0.2, -0.15) is 0 Å². The Morgan fingerprint density at radius 3 is 2.23 bits per heavy atom. The van der Waals surface area contributed by atoms with E-state index in [2.05, 4.69) is 45.1 Å². The van der Waals surface area contributed by atoms with Crippen LogP contribution in [0.1, 0.15) is 52.3 Å². The Morgan fingerprint density at radius 2 is 1.62 bits per heavy atom. The van der Waals surface area contributed by atoms with Crippen LogP contribution in [0.3, 0.4) is 0 Å². The molecule has 0 fully saturated rings. The zero-order valence-electron chi connectivity index (χ0n) is 17.1. The second-order valence-electron chi connectivity index (χ2n) is 8.21. The number of rotatable bonds is 3. The first kappa shape index (κ1) is 18.6. The van der Waals surface area contributed by atoms with Crippen molar-refractivity contribution in [1.82, 2.24) is 0 Å². The molecule has 3 nitrogen and oxygen atoms in total. The molecule has 1 heterocycles. The summed E-state index contributed by atoms with van der Waals surface area (Å²) in [4.78, 5) is 0. The van der Waals surface area contributed by atoms with Gasteiger partial charge in [0.2, 0.25) is 0 Å². The van der Waals surface area contributed by atoms with Crippen LogP contribution >= 0.6 is 0 Å². The summed E-state index contributed by atoms with van der Waals surface area (Å²) in [6.07, 6.45) is 1.86. The molecule has 1 unspecified atom stereocenters. The van der Waals surface area contributed by atoms with E-state index in [1.54, 1.807) is 0 Å². The van der Waals surface area contributed by atoms with Crippen molar-refractivity contribution in [1.29, 1.82) is 0 Å². The first-order valence-electron chi connectivity index (χ1n) is 9.45. The highest BCUT2D eigenvalue weighted by Gasteiger charge is 2.34. The number of hydrogen-bond donors (Lipinski definition) is 2. The Bertz CT molecular complexity index is 846. The number of aromatic hydroxyl groups is 1. The summed E-state index contributed by atoms with van der Waals surface area (Å²) in [5, 5.41) is 14.0. The van der Waals surface area contributed by atoms with Crippen molar-refractivity contribution in [3.63, 3.8) is 0 Å². The molecule has 3 rings (SSSR count). The van der Waals surface area contributed by atoms with E-state index in [9.17, 15) is 5.11 Å². The van der Waals surface area contributed by atoms with Crippen molar-refractivity contribution in [3.05, 3.63) is 51.1 Å². The van der Waals surface area contributed by atoms with Crippen molar-refractivity contribution >= 4 is 5.69 Å². The van der Waals surface area contributed by atoms with Crippen molar-refractivity contribution in [2.45, 2.75) is 66.9 Å². The zero-order chi connectivity index (χ0) is 19.2. The van der Waals surface area contributed by atoms with Gasteiger partial charge < -0.3 is 15.2 Å². The fraction of sp³-hybridized carbons (Fsp3) is 0.478. The average molecular weight is 354 g/mol. The molecule has 0 spiro atoms. The Morgan fingerprint density at radius 1 is 1.00 bits per heavy atom. The van der Waals surface area contributed by atoms with E-state index in [4.69, 9.17) is 4.74 Å². The van der Waals surface area contributed by atoms with Gasteiger partial charge in [0.05, 0.1) is 6.54 Å². The Kier molecular flexibility index (Phi) is 4.68. The van der Waals surface area contributed by atoms with E-state index >= 15 is 0 Å². The molecule has 0 radical (unpaired) electrons. The first-order valence-corrected chi connectivity index (χ1v) is 9.45. The molecular weight excluding hydrogens is 322 g/mol. The van der Waals surface area contributed by atoms with Crippen LogP contribution in [0.15, 0.2) is 12.1 Å². The molecule has 0 aromatic heterocycles. The molecule has 0 bridgehead atoms. The average Bonchev–Trinajstić information content (AvgIpc) is 2.57. The predicted molar refractivity (Wildman–Crippen MR) is 109 cm³/mol. The lowest BCUT2D eigenvalue weighted by molar-refractivity contribution is 0.0767. The van der Waals surface area contributed by atoms with Gasteiger partial charge in [-0.3, -0.25) is 0 Å². The number of phenolic OH excluding ortho intramolecular Hbond substituents is 1. The van der Waals surface area contributed by atoms with Crippen molar-refractivity contribution in [3.8, 4) is 11.5 Å². The highest BCUT2D eigenvalue weighted by Crippen LogP contribution is 2.43. The van der Waals surface area contributed by atoms with Gasteiger partial charge in [-0.05, 0) is 89.1 Å². The second-order valence-corrected chi connectivity index (χ2v) is 8.21. The van der Waals surface area contributed by atoms with Gasteiger partial charge in [0.15, 0.2) is 0 Å². The molecule has 1 aliphatic heterocycles. The Hall–Kier alpha value is -2.16. The third kappa shape index (κ3) is 3.15. The number of benzene rings is 2. The number of ether oxygens (including phenoxy) is 1. The minimum absolute atomic E-state index is 0.266. The fourth-order valence-electron chi connectivity index (χ4n) is 4.15. The molecule has 0 amide bonds. The largest absolute Gasteiger partial charge is 0.507 e. The van der Waals surface area contributed by atoms with Gasteiger partial charge in [0.1, 0.15) is 17.1 Å². The highest BCUT2D eigenvalue weighted by molar-refractivity contribution is 5.60. The number of anilines is 1. The molecule has 0 saturated carbocycles. The molecule has 2 N–H and O–H groups in total. The van der Waals surface area contributed by atoms with Gasteiger partial charge in [-0.1, -0.05) is 17.7 Å². The van der Waals surface area contributed by atoms with Crippen molar-refractivity contribution in [2.24, 2.45) is 0 Å². The van der Waals surface area contributed by atoms with Gasteiger partial charge >= 0.3 is 0 Å². The molecule has 0 aliphatic carbocycles. The number of fused-ring (bicyclic) bond motifs is 1. The van der Waals surface area contributed by atoms with E-state index in [-0.39, 0.29) is 5.60 Å². The summed E-state index contributed by atoms with van der Waals surface area (Å²) in [7, 11) is 0. The quantitative estimate of drug-likeness (QED) is 0.772. The third-order valence-corrected chi connectivity index (χ3v) is 5.91. The SMILES string of the molecule is Cc1cc(C)c(NCC2(C)CCc3c(C)c(O)c(C)c(C)c3O2)c(C)c1. The van der Waals surface area contributed by atoms with E-state index in [1.165, 1.54) is 22.4 Å². The van der Waals surface area contributed by atoms with Crippen LogP contribution in [-0.2, 0) is 6.42 Å². The molecular formula is C23H31NO2. The van der Waals surface area contributed by atoms with Crippen LogP contribution in [0.25, 0.3) is 0 Å². The maximum atomic E-state index is 10.3. The standard InChI is InChI=1S/C23H31NO2/c1-13-10-14(2)20(15(3)11-13)24-12-23(7)9-8-19-18(6)21(25)16(4)17(5)22(19)26-23/h10-11,24-25H,8-9,12H2,1-7H3. The van der Waals surface area contributed by atoms with Crippen LogP contribution in [-0.4, -0.2) is 17.3 Å². The van der Waals surface area contributed by atoms with Crippen molar-refractivity contribution < 1.29 is 9.84 Å². The van der Waals surface area contributed by atoms with Crippen LogP contribution < -0.4 is 10.1 Å². The second kappa shape index (κ2) is 6.53. The summed E-state index contributed by atoms with van der Waals surface area (Å²) in [6, 6.07) is 4.43. The van der Waals surface area contributed by atoms with Gasteiger partial charge in [-0.15, -0.1) is 0 Å². The fourth-order valence-corrected chi connectivity index (χ4v) is 4.15.